The Bertz CT molecular complexity index is 374. The minimum absolute atomic E-state index is 0.00297. The van der Waals surface area contributed by atoms with Crippen LogP contribution < -0.4 is 16.4 Å². The van der Waals surface area contributed by atoms with Crippen molar-refractivity contribution in [3.63, 3.8) is 0 Å². The highest BCUT2D eigenvalue weighted by atomic mass is 16.4. The average Bonchev–Trinajstić information content (AvgIpc) is 2.33. The fourth-order valence-corrected chi connectivity index (χ4v) is 2.35. The van der Waals surface area contributed by atoms with Gasteiger partial charge in [-0.1, -0.05) is 13.3 Å². The summed E-state index contributed by atoms with van der Waals surface area (Å²) in [7, 11) is 0. The van der Waals surface area contributed by atoms with Gasteiger partial charge in [-0.05, 0) is 31.1 Å². The molecule has 1 saturated carbocycles. The van der Waals surface area contributed by atoms with E-state index in [1.165, 1.54) is 6.42 Å². The van der Waals surface area contributed by atoms with E-state index in [1.54, 1.807) is 0 Å². The largest absolute Gasteiger partial charge is 0.480 e. The van der Waals surface area contributed by atoms with Gasteiger partial charge in [0.15, 0.2) is 0 Å². The lowest BCUT2D eigenvalue weighted by molar-refractivity contribution is -0.139. The second-order valence-corrected chi connectivity index (χ2v) is 5.43. The molecule has 0 aromatic carbocycles. The number of carbonyl (C=O) groups excluding carboxylic acids is 2. The number of rotatable bonds is 8. The van der Waals surface area contributed by atoms with Gasteiger partial charge in [-0.3, -0.25) is 4.79 Å². The number of carboxylic acid groups (broad SMARTS) is 1. The first kappa shape index (κ1) is 16.3. The molecule has 0 aliphatic heterocycles. The fraction of sp³-hybridized carbons (Fsp3) is 0.769. The smallest absolute Gasteiger partial charge is 0.326 e. The first-order valence-electron chi connectivity index (χ1n) is 6.94. The van der Waals surface area contributed by atoms with Gasteiger partial charge in [-0.25, -0.2) is 9.59 Å². The molecule has 1 rings (SSSR count). The van der Waals surface area contributed by atoms with E-state index in [4.69, 9.17) is 10.8 Å². The maximum Gasteiger partial charge on any atom is 0.326 e. The molecule has 1 unspecified atom stereocenters. The van der Waals surface area contributed by atoms with Crippen LogP contribution >= 0.6 is 0 Å². The molecule has 0 spiro atoms. The molecule has 7 nitrogen and oxygen atoms in total. The number of urea groups is 1. The fourth-order valence-electron chi connectivity index (χ4n) is 2.35. The number of nitrogens with one attached hydrogen (secondary N) is 2. The Hall–Kier alpha value is -1.79. The van der Waals surface area contributed by atoms with Crippen LogP contribution in [0.4, 0.5) is 4.79 Å². The molecule has 5 N–H and O–H groups in total. The third-order valence-electron chi connectivity index (χ3n) is 4.07. The molecule has 0 radical (unpaired) electrons. The second-order valence-electron chi connectivity index (χ2n) is 5.43. The second kappa shape index (κ2) is 7.12. The standard InChI is InChI=1S/C13H23N3O4/c1-2-13(6-3-7-13)8-15-12(20)16-9(11(18)19)4-5-10(14)17/h9H,2-8H2,1H3,(H2,14,17)(H,18,19)(H2,15,16,20). The van der Waals surface area contributed by atoms with Crippen LogP contribution in [0.2, 0.25) is 0 Å². The summed E-state index contributed by atoms with van der Waals surface area (Å²) < 4.78 is 0. The highest BCUT2D eigenvalue weighted by Crippen LogP contribution is 2.42. The van der Waals surface area contributed by atoms with Crippen molar-refractivity contribution >= 4 is 17.9 Å². The van der Waals surface area contributed by atoms with Gasteiger partial charge in [0.05, 0.1) is 0 Å². The zero-order chi connectivity index (χ0) is 15.2. The average molecular weight is 285 g/mol. The Balaban J connectivity index is 2.37. The number of hydrogen-bond donors (Lipinski definition) is 4. The van der Waals surface area contributed by atoms with Crippen molar-refractivity contribution in [1.29, 1.82) is 0 Å². The van der Waals surface area contributed by atoms with E-state index in [0.717, 1.165) is 19.3 Å². The molecule has 0 heterocycles. The molecule has 1 aliphatic carbocycles. The summed E-state index contributed by atoms with van der Waals surface area (Å²) in [6.07, 6.45) is 4.28. The summed E-state index contributed by atoms with van der Waals surface area (Å²) >= 11 is 0. The van der Waals surface area contributed by atoms with Gasteiger partial charge in [0, 0.05) is 13.0 Å². The van der Waals surface area contributed by atoms with Crippen LogP contribution in [0.3, 0.4) is 0 Å². The normalized spacial score (nSPS) is 17.6. The van der Waals surface area contributed by atoms with Crippen molar-refractivity contribution in [1.82, 2.24) is 10.6 Å². The number of hydrogen-bond acceptors (Lipinski definition) is 3. The molecule has 114 valence electrons. The number of nitrogens with two attached hydrogens (primary N) is 1. The Kier molecular flexibility index (Phi) is 5.79. The Labute approximate surface area is 118 Å². The first-order valence-corrected chi connectivity index (χ1v) is 6.94. The van der Waals surface area contributed by atoms with Gasteiger partial charge in [-0.15, -0.1) is 0 Å². The molecular formula is C13H23N3O4. The molecule has 0 saturated heterocycles. The Morgan fingerprint density at radius 2 is 2.00 bits per heavy atom. The van der Waals surface area contributed by atoms with E-state index in [1.807, 2.05) is 0 Å². The topological polar surface area (TPSA) is 122 Å². The monoisotopic (exact) mass is 285 g/mol. The van der Waals surface area contributed by atoms with Gasteiger partial charge in [0.2, 0.25) is 5.91 Å². The zero-order valence-corrected chi connectivity index (χ0v) is 11.8. The van der Waals surface area contributed by atoms with Crippen molar-refractivity contribution in [2.45, 2.75) is 51.5 Å². The molecule has 0 bridgehead atoms. The maximum atomic E-state index is 11.7. The number of carboxylic acids is 1. The van der Waals surface area contributed by atoms with Crippen molar-refractivity contribution in [2.24, 2.45) is 11.1 Å². The van der Waals surface area contributed by atoms with Crippen LogP contribution in [0, 0.1) is 5.41 Å². The van der Waals surface area contributed by atoms with Gasteiger partial charge < -0.3 is 21.5 Å². The van der Waals surface area contributed by atoms with Crippen LogP contribution in [-0.4, -0.2) is 35.6 Å². The molecule has 0 aromatic rings. The van der Waals surface area contributed by atoms with Crippen LogP contribution in [-0.2, 0) is 9.59 Å². The van der Waals surface area contributed by atoms with Crippen LogP contribution in [0.1, 0.15) is 45.4 Å². The van der Waals surface area contributed by atoms with Gasteiger partial charge in [-0.2, -0.15) is 0 Å². The predicted octanol–water partition coefficient (Wildman–Crippen LogP) is 0.585. The Morgan fingerprint density at radius 1 is 1.35 bits per heavy atom. The van der Waals surface area contributed by atoms with Crippen LogP contribution in [0.5, 0.6) is 0 Å². The molecule has 0 aromatic heterocycles. The van der Waals surface area contributed by atoms with Crippen molar-refractivity contribution in [2.75, 3.05) is 6.54 Å². The predicted molar refractivity (Wildman–Crippen MR) is 73.0 cm³/mol. The van der Waals surface area contributed by atoms with E-state index in [-0.39, 0.29) is 18.3 Å². The third kappa shape index (κ3) is 4.71. The summed E-state index contributed by atoms with van der Waals surface area (Å²) in [5, 5.41) is 14.1. The minimum Gasteiger partial charge on any atom is -0.480 e. The summed E-state index contributed by atoms with van der Waals surface area (Å²) in [5.41, 5.74) is 5.14. The molecule has 1 atom stereocenters. The summed E-state index contributed by atoms with van der Waals surface area (Å²) in [6.45, 7) is 2.64. The minimum atomic E-state index is -1.17. The summed E-state index contributed by atoms with van der Waals surface area (Å²) in [6, 6.07) is -1.61. The number of carbonyl (C=O) groups is 3. The number of aliphatic carboxylic acids is 1. The lowest BCUT2D eigenvalue weighted by Gasteiger charge is -2.41. The van der Waals surface area contributed by atoms with Crippen molar-refractivity contribution < 1.29 is 19.5 Å². The van der Waals surface area contributed by atoms with Crippen molar-refractivity contribution in [3.05, 3.63) is 0 Å². The van der Waals surface area contributed by atoms with Gasteiger partial charge >= 0.3 is 12.0 Å². The number of amides is 3. The quantitative estimate of drug-likeness (QED) is 0.521. The lowest BCUT2D eigenvalue weighted by Crippen LogP contribution is -2.50. The molecular weight excluding hydrogens is 262 g/mol. The van der Waals surface area contributed by atoms with Crippen molar-refractivity contribution in [3.8, 4) is 0 Å². The highest BCUT2D eigenvalue weighted by molar-refractivity contribution is 5.83. The maximum absolute atomic E-state index is 11.7. The SMILES string of the molecule is CCC1(CNC(=O)NC(CCC(N)=O)C(=O)O)CCC1. The zero-order valence-electron chi connectivity index (χ0n) is 11.8. The van der Waals surface area contributed by atoms with E-state index in [2.05, 4.69) is 17.6 Å². The molecule has 20 heavy (non-hydrogen) atoms. The molecule has 1 fully saturated rings. The van der Waals surface area contributed by atoms with E-state index in [9.17, 15) is 14.4 Å². The van der Waals surface area contributed by atoms with Gasteiger partial charge in [0.25, 0.3) is 0 Å². The summed E-state index contributed by atoms with van der Waals surface area (Å²) in [4.78, 5) is 33.3. The molecule has 7 heteroatoms. The van der Waals surface area contributed by atoms with Crippen LogP contribution in [0.25, 0.3) is 0 Å². The van der Waals surface area contributed by atoms with Crippen LogP contribution in [0.15, 0.2) is 0 Å². The lowest BCUT2D eigenvalue weighted by atomic mass is 9.67. The molecule has 3 amide bonds. The third-order valence-corrected chi connectivity index (χ3v) is 4.07. The van der Waals surface area contributed by atoms with E-state index < -0.39 is 23.9 Å². The first-order chi connectivity index (χ1) is 9.38. The molecule has 1 aliphatic rings. The summed E-state index contributed by atoms with van der Waals surface area (Å²) in [5.74, 6) is -1.76. The van der Waals surface area contributed by atoms with Gasteiger partial charge in [0.1, 0.15) is 6.04 Å². The highest BCUT2D eigenvalue weighted by Gasteiger charge is 2.35. The Morgan fingerprint density at radius 3 is 2.40 bits per heavy atom. The number of primary amides is 1. The van der Waals surface area contributed by atoms with E-state index in [0.29, 0.717) is 6.54 Å². The van der Waals surface area contributed by atoms with E-state index >= 15 is 0 Å².